The Kier molecular flexibility index (Phi) is 4.20. The van der Waals surface area contributed by atoms with E-state index in [-0.39, 0.29) is 12.6 Å². The molecule has 6 nitrogen and oxygen atoms in total. The van der Waals surface area contributed by atoms with Gasteiger partial charge in [-0.3, -0.25) is 9.78 Å². The summed E-state index contributed by atoms with van der Waals surface area (Å²) >= 11 is 0. The predicted octanol–water partition coefficient (Wildman–Crippen LogP) is 3.08. The monoisotopic (exact) mass is 325 g/mol. The third-order valence-electron chi connectivity index (χ3n) is 4.37. The standard InChI is InChI=1S/C18H19N3O3/c1-18(16(22)23)9-11-21(12-18)17(24)20-14-7-5-13(6-8-14)15-4-2-3-10-19-15/h2-8,10H,9,11-12H2,1H3,(H,20,24)(H,22,23). The quantitative estimate of drug-likeness (QED) is 0.908. The highest BCUT2D eigenvalue weighted by Crippen LogP contribution is 2.30. The molecule has 1 aromatic carbocycles. The minimum Gasteiger partial charge on any atom is -0.481 e. The highest BCUT2D eigenvalue weighted by Gasteiger charge is 2.42. The maximum absolute atomic E-state index is 12.3. The Morgan fingerprint density at radius 2 is 1.96 bits per heavy atom. The number of benzene rings is 1. The number of hydrogen-bond acceptors (Lipinski definition) is 3. The fourth-order valence-electron chi connectivity index (χ4n) is 2.77. The van der Waals surface area contributed by atoms with Gasteiger partial charge >= 0.3 is 12.0 Å². The number of carboxylic acids is 1. The Morgan fingerprint density at radius 3 is 2.54 bits per heavy atom. The zero-order valence-corrected chi connectivity index (χ0v) is 13.4. The number of likely N-dealkylation sites (tertiary alicyclic amines) is 1. The van der Waals surface area contributed by atoms with Gasteiger partial charge in [-0.25, -0.2) is 4.79 Å². The van der Waals surface area contributed by atoms with E-state index in [4.69, 9.17) is 0 Å². The van der Waals surface area contributed by atoms with Crippen LogP contribution in [-0.4, -0.2) is 40.1 Å². The van der Waals surface area contributed by atoms with Crippen molar-refractivity contribution < 1.29 is 14.7 Å². The first-order valence-corrected chi connectivity index (χ1v) is 7.79. The second-order valence-corrected chi connectivity index (χ2v) is 6.26. The molecule has 0 bridgehead atoms. The zero-order chi connectivity index (χ0) is 17.2. The van der Waals surface area contributed by atoms with Crippen molar-refractivity contribution in [2.75, 3.05) is 18.4 Å². The second-order valence-electron chi connectivity index (χ2n) is 6.26. The third-order valence-corrected chi connectivity index (χ3v) is 4.37. The normalized spacial score (nSPS) is 20.0. The summed E-state index contributed by atoms with van der Waals surface area (Å²) in [4.78, 5) is 29.4. The average Bonchev–Trinajstić information content (AvgIpc) is 3.00. The van der Waals surface area contributed by atoms with Crippen LogP contribution in [0.1, 0.15) is 13.3 Å². The Labute approximate surface area is 140 Å². The van der Waals surface area contributed by atoms with E-state index in [1.54, 1.807) is 18.0 Å². The number of carbonyl (C=O) groups is 2. The number of aromatic nitrogens is 1. The molecule has 1 saturated heterocycles. The number of urea groups is 1. The van der Waals surface area contributed by atoms with Crippen LogP contribution in [0.2, 0.25) is 0 Å². The van der Waals surface area contributed by atoms with Crippen LogP contribution in [0.15, 0.2) is 48.7 Å². The lowest BCUT2D eigenvalue weighted by Gasteiger charge is -2.20. The summed E-state index contributed by atoms with van der Waals surface area (Å²) in [6.07, 6.45) is 2.20. The number of aliphatic carboxylic acids is 1. The van der Waals surface area contributed by atoms with Crippen LogP contribution in [0.4, 0.5) is 10.5 Å². The number of nitrogens with zero attached hydrogens (tertiary/aromatic N) is 2. The van der Waals surface area contributed by atoms with Gasteiger partial charge in [-0.15, -0.1) is 0 Å². The molecule has 6 heteroatoms. The number of carbonyl (C=O) groups excluding carboxylic acids is 1. The molecule has 0 aliphatic carbocycles. The fourth-order valence-corrected chi connectivity index (χ4v) is 2.77. The average molecular weight is 325 g/mol. The van der Waals surface area contributed by atoms with Gasteiger partial charge in [0.1, 0.15) is 0 Å². The van der Waals surface area contributed by atoms with Gasteiger partial charge in [0.25, 0.3) is 0 Å². The fraction of sp³-hybridized carbons (Fsp3) is 0.278. The second kappa shape index (κ2) is 6.31. The molecule has 24 heavy (non-hydrogen) atoms. The largest absolute Gasteiger partial charge is 0.481 e. The molecule has 0 spiro atoms. The minimum absolute atomic E-state index is 0.222. The molecule has 2 heterocycles. The Hall–Kier alpha value is -2.89. The molecular formula is C18H19N3O3. The van der Waals surface area contributed by atoms with Gasteiger partial charge in [-0.05, 0) is 37.6 Å². The summed E-state index contributed by atoms with van der Waals surface area (Å²) in [6.45, 7) is 2.34. The lowest BCUT2D eigenvalue weighted by atomic mass is 9.90. The summed E-state index contributed by atoms with van der Waals surface area (Å²) < 4.78 is 0. The summed E-state index contributed by atoms with van der Waals surface area (Å²) in [7, 11) is 0. The summed E-state index contributed by atoms with van der Waals surface area (Å²) in [6, 6.07) is 12.8. The van der Waals surface area contributed by atoms with Gasteiger partial charge < -0.3 is 15.3 Å². The van der Waals surface area contributed by atoms with Gasteiger partial charge in [0.2, 0.25) is 0 Å². The van der Waals surface area contributed by atoms with Crippen LogP contribution < -0.4 is 5.32 Å². The van der Waals surface area contributed by atoms with Gasteiger partial charge in [0.15, 0.2) is 0 Å². The molecule has 1 aliphatic rings. The van der Waals surface area contributed by atoms with E-state index >= 15 is 0 Å². The number of nitrogens with one attached hydrogen (secondary N) is 1. The minimum atomic E-state index is -0.863. The Balaban J connectivity index is 1.64. The molecule has 2 amide bonds. The molecule has 1 aliphatic heterocycles. The first-order chi connectivity index (χ1) is 11.5. The predicted molar refractivity (Wildman–Crippen MR) is 90.6 cm³/mol. The lowest BCUT2D eigenvalue weighted by Crippen LogP contribution is -2.37. The molecule has 1 unspecified atom stereocenters. The van der Waals surface area contributed by atoms with Gasteiger partial charge in [0.05, 0.1) is 11.1 Å². The first-order valence-electron chi connectivity index (χ1n) is 7.79. The van der Waals surface area contributed by atoms with E-state index in [0.29, 0.717) is 18.7 Å². The molecule has 0 radical (unpaired) electrons. The van der Waals surface area contributed by atoms with Crippen LogP contribution >= 0.6 is 0 Å². The van der Waals surface area contributed by atoms with Crippen LogP contribution in [0.3, 0.4) is 0 Å². The van der Waals surface area contributed by atoms with E-state index in [9.17, 15) is 14.7 Å². The van der Waals surface area contributed by atoms with E-state index in [0.717, 1.165) is 11.3 Å². The van der Waals surface area contributed by atoms with Crippen molar-refractivity contribution in [3.05, 3.63) is 48.7 Å². The van der Waals surface area contributed by atoms with Crippen LogP contribution in [0.25, 0.3) is 11.3 Å². The van der Waals surface area contributed by atoms with Crippen molar-refractivity contribution in [2.24, 2.45) is 5.41 Å². The topological polar surface area (TPSA) is 82.5 Å². The number of pyridine rings is 1. The maximum Gasteiger partial charge on any atom is 0.321 e. The lowest BCUT2D eigenvalue weighted by molar-refractivity contribution is -0.146. The van der Waals surface area contributed by atoms with Gasteiger partial charge in [-0.1, -0.05) is 18.2 Å². The molecule has 0 saturated carbocycles. The third kappa shape index (κ3) is 3.22. The van der Waals surface area contributed by atoms with Gasteiger partial charge in [-0.2, -0.15) is 0 Å². The Morgan fingerprint density at radius 1 is 1.21 bits per heavy atom. The highest BCUT2D eigenvalue weighted by atomic mass is 16.4. The van der Waals surface area contributed by atoms with E-state index in [2.05, 4.69) is 10.3 Å². The Bertz CT molecular complexity index is 746. The van der Waals surface area contributed by atoms with Crippen molar-refractivity contribution in [3.63, 3.8) is 0 Å². The van der Waals surface area contributed by atoms with Crippen LogP contribution in [-0.2, 0) is 4.79 Å². The smallest absolute Gasteiger partial charge is 0.321 e. The molecule has 2 N–H and O–H groups in total. The van der Waals surface area contributed by atoms with E-state index < -0.39 is 11.4 Å². The first kappa shape index (κ1) is 16.0. The molecule has 1 aromatic heterocycles. The number of hydrogen-bond donors (Lipinski definition) is 2. The summed E-state index contributed by atoms with van der Waals surface area (Å²) in [5, 5.41) is 12.0. The van der Waals surface area contributed by atoms with Crippen molar-refractivity contribution in [2.45, 2.75) is 13.3 Å². The van der Waals surface area contributed by atoms with Crippen molar-refractivity contribution in [1.82, 2.24) is 9.88 Å². The molecule has 1 fully saturated rings. The van der Waals surface area contributed by atoms with Crippen molar-refractivity contribution >= 4 is 17.7 Å². The maximum atomic E-state index is 12.3. The highest BCUT2D eigenvalue weighted by molar-refractivity contribution is 5.90. The molecular weight excluding hydrogens is 306 g/mol. The van der Waals surface area contributed by atoms with E-state index in [1.165, 1.54) is 0 Å². The van der Waals surface area contributed by atoms with E-state index in [1.807, 2.05) is 42.5 Å². The van der Waals surface area contributed by atoms with Crippen LogP contribution in [0, 0.1) is 5.41 Å². The SMILES string of the molecule is CC1(C(=O)O)CCN(C(=O)Nc2ccc(-c3ccccn3)cc2)C1. The van der Waals surface area contributed by atoms with Crippen LogP contribution in [0.5, 0.6) is 0 Å². The van der Waals surface area contributed by atoms with Crippen molar-refractivity contribution in [3.8, 4) is 11.3 Å². The number of rotatable bonds is 3. The molecule has 1 atom stereocenters. The molecule has 124 valence electrons. The van der Waals surface area contributed by atoms with Gasteiger partial charge in [0, 0.05) is 30.5 Å². The molecule has 3 rings (SSSR count). The molecule has 2 aromatic rings. The summed E-state index contributed by atoms with van der Waals surface area (Å²) in [5.41, 5.74) is 1.64. The zero-order valence-electron chi connectivity index (χ0n) is 13.4. The number of anilines is 1. The number of carboxylic acid groups (broad SMARTS) is 1. The number of amides is 2. The summed E-state index contributed by atoms with van der Waals surface area (Å²) in [5.74, 6) is -0.863. The van der Waals surface area contributed by atoms with Crippen molar-refractivity contribution in [1.29, 1.82) is 0 Å².